The zero-order valence-electron chi connectivity index (χ0n) is 44.9. The lowest BCUT2D eigenvalue weighted by Gasteiger charge is -2.50. The number of anilines is 4. The molecule has 0 amide bonds. The minimum absolute atomic E-state index is 0.128. The topological polar surface area (TPSA) is 6.48 Å². The molecule has 4 aliphatic rings. The van der Waals surface area contributed by atoms with Crippen LogP contribution in [0.15, 0.2) is 206 Å². The highest BCUT2D eigenvalue weighted by Gasteiger charge is 2.59. The predicted octanol–water partition coefficient (Wildman–Crippen LogP) is 20.7. The van der Waals surface area contributed by atoms with Crippen molar-refractivity contribution in [3.05, 3.63) is 229 Å². The molecule has 11 aromatic rings. The lowest BCUT2D eigenvalue weighted by atomic mass is 9.61. The van der Waals surface area contributed by atoms with Crippen molar-refractivity contribution in [2.45, 2.75) is 101 Å². The van der Waals surface area contributed by atoms with Crippen molar-refractivity contribution in [1.82, 2.24) is 0 Å². The summed E-state index contributed by atoms with van der Waals surface area (Å²) in [5.41, 5.74) is 15.8. The molecule has 0 N–H and O–H groups in total. The Morgan fingerprint density at radius 3 is 1.17 bits per heavy atom. The monoisotopic (exact) mass is 1020 g/mol. The molecule has 2 aliphatic heterocycles. The Hall–Kier alpha value is -8.08. The Bertz CT molecular complexity index is 4020. The van der Waals surface area contributed by atoms with E-state index in [1.54, 1.807) is 24.3 Å². The van der Waals surface area contributed by atoms with Crippen molar-refractivity contribution in [1.29, 1.82) is 0 Å². The molecule has 4 heteroatoms. The zero-order valence-corrected chi connectivity index (χ0v) is 44.9. The number of hydrogen-bond donors (Lipinski definition) is 0. The second kappa shape index (κ2) is 17.2. The lowest BCUT2D eigenvalue weighted by molar-refractivity contribution is 0.195. The van der Waals surface area contributed by atoms with Crippen LogP contribution in [0.4, 0.5) is 31.5 Å². The van der Waals surface area contributed by atoms with E-state index in [4.69, 9.17) is 0 Å². The number of hydrogen-bond acceptors (Lipinski definition) is 2. The fourth-order valence-corrected chi connectivity index (χ4v) is 15.9. The van der Waals surface area contributed by atoms with E-state index in [9.17, 15) is 0 Å². The Balaban J connectivity index is 0.984. The molecular weight excluding hydrogens is 955 g/mol. The zero-order chi connectivity index (χ0) is 52.7. The van der Waals surface area contributed by atoms with Gasteiger partial charge in [0.2, 0.25) is 0 Å². The molecule has 0 spiro atoms. The maximum Gasteiger partial charge on any atom is 0.125 e. The van der Waals surface area contributed by atoms with Crippen LogP contribution in [0.25, 0.3) is 87.6 Å². The highest BCUT2D eigenvalue weighted by Crippen LogP contribution is 2.63. The maximum atomic E-state index is 15.1. The molecule has 0 bridgehead atoms. The summed E-state index contributed by atoms with van der Waals surface area (Å²) in [6.07, 6.45) is 8.88. The number of rotatable bonds is 6. The average molecular weight is 1020 g/mol. The standard InChI is InChI=1S/C74H62F2N2/c1-71-37-9-11-39-73(71,3)77(55-23-15-21-53(75)45-55)67-35-31-51(43-65(67)71)49-29-33-61-63(41-49)69(59-27-13-19-47-17-5-7-25-57(47)59)62-34-30-50(42-64(62)70(61)60-28-14-20-48-18-6-8-26-58(48)60)52-32-36-68-66(44-52)72(2)38-10-12-40-74(72,4)78(68)56-24-16-22-54(76)46-56/h5-8,13-36,41-46H,9-12,37-40H2,1-4H3. The van der Waals surface area contributed by atoms with Crippen molar-refractivity contribution >= 4 is 65.8 Å². The molecule has 0 saturated heterocycles. The molecule has 382 valence electrons. The second-order valence-corrected chi connectivity index (χ2v) is 24.0. The number of fused-ring (bicyclic) bond motifs is 10. The molecule has 2 fully saturated rings. The van der Waals surface area contributed by atoms with Gasteiger partial charge in [0.15, 0.2) is 0 Å². The van der Waals surface area contributed by atoms with Gasteiger partial charge >= 0.3 is 0 Å². The minimum atomic E-state index is -0.205. The quantitative estimate of drug-likeness (QED) is 0.153. The summed E-state index contributed by atoms with van der Waals surface area (Å²) in [4.78, 5) is 4.92. The average Bonchev–Trinajstić information content (AvgIpc) is 3.36. The lowest BCUT2D eigenvalue weighted by Crippen LogP contribution is -2.54. The molecule has 4 unspecified atom stereocenters. The summed E-state index contributed by atoms with van der Waals surface area (Å²) in [6, 6.07) is 74.2. The first-order valence-corrected chi connectivity index (χ1v) is 28.4. The van der Waals surface area contributed by atoms with Crippen LogP contribution in [-0.4, -0.2) is 11.1 Å². The smallest absolute Gasteiger partial charge is 0.125 e. The molecular formula is C74H62F2N2. The third-order valence-electron chi connectivity index (χ3n) is 20.2. The second-order valence-electron chi connectivity index (χ2n) is 24.0. The molecule has 4 atom stereocenters. The van der Waals surface area contributed by atoms with Gasteiger partial charge < -0.3 is 9.80 Å². The Morgan fingerprint density at radius 1 is 0.333 bits per heavy atom. The summed E-state index contributed by atoms with van der Waals surface area (Å²) in [6.45, 7) is 9.74. The maximum absolute atomic E-state index is 15.1. The first-order chi connectivity index (χ1) is 38.0. The third-order valence-corrected chi connectivity index (χ3v) is 20.2. The molecule has 2 nitrogen and oxygen atoms in total. The van der Waals surface area contributed by atoms with Gasteiger partial charge in [0, 0.05) is 33.6 Å². The normalized spacial score (nSPS) is 22.5. The fraction of sp³-hybridized carbons (Fsp3) is 0.216. The van der Waals surface area contributed by atoms with Gasteiger partial charge in [-0.2, -0.15) is 0 Å². The molecule has 0 aromatic heterocycles. The summed E-state index contributed by atoms with van der Waals surface area (Å²) in [7, 11) is 0. The highest BCUT2D eigenvalue weighted by molar-refractivity contribution is 6.26. The van der Waals surface area contributed by atoms with Crippen LogP contribution < -0.4 is 9.80 Å². The molecule has 2 aliphatic carbocycles. The largest absolute Gasteiger partial charge is 0.334 e. The SMILES string of the molecule is CC12CCCCC1(C)N(c1cccc(F)c1)c1ccc(-c3ccc4c(-c5cccc6ccccc56)c5cc(-c6ccc7c(c6)C6(C)CCCCC6(C)N7c6cccc(F)c6)ccc5c(-c5cccc6ccccc56)c4c3)cc12. The molecule has 2 saturated carbocycles. The van der Waals surface area contributed by atoms with Crippen molar-refractivity contribution in [2.24, 2.45) is 0 Å². The summed E-state index contributed by atoms with van der Waals surface area (Å²) in [5, 5.41) is 9.70. The highest BCUT2D eigenvalue weighted by atomic mass is 19.1. The molecule has 15 rings (SSSR count). The molecule has 2 heterocycles. The third kappa shape index (κ3) is 6.65. The van der Waals surface area contributed by atoms with Crippen LogP contribution in [0.3, 0.4) is 0 Å². The minimum Gasteiger partial charge on any atom is -0.334 e. The van der Waals surface area contributed by atoms with E-state index in [0.29, 0.717) is 0 Å². The Morgan fingerprint density at radius 2 is 0.718 bits per heavy atom. The first-order valence-electron chi connectivity index (χ1n) is 28.4. The van der Waals surface area contributed by atoms with Crippen molar-refractivity contribution in [3.8, 4) is 44.5 Å². The van der Waals surface area contributed by atoms with E-state index in [0.717, 1.165) is 49.9 Å². The van der Waals surface area contributed by atoms with Crippen LogP contribution in [0.2, 0.25) is 0 Å². The van der Waals surface area contributed by atoms with E-state index in [1.165, 1.54) is 123 Å². The van der Waals surface area contributed by atoms with Crippen LogP contribution in [0.1, 0.15) is 90.2 Å². The van der Waals surface area contributed by atoms with Crippen LogP contribution in [0, 0.1) is 11.6 Å². The van der Waals surface area contributed by atoms with Gasteiger partial charge in [0.25, 0.3) is 0 Å². The van der Waals surface area contributed by atoms with Crippen molar-refractivity contribution < 1.29 is 8.78 Å². The fourth-order valence-electron chi connectivity index (χ4n) is 15.9. The predicted molar refractivity (Wildman–Crippen MR) is 324 cm³/mol. The van der Waals surface area contributed by atoms with Gasteiger partial charge in [0.05, 0.1) is 11.1 Å². The van der Waals surface area contributed by atoms with Crippen molar-refractivity contribution in [2.75, 3.05) is 9.80 Å². The van der Waals surface area contributed by atoms with Crippen LogP contribution in [-0.2, 0) is 10.8 Å². The van der Waals surface area contributed by atoms with Gasteiger partial charge in [-0.3, -0.25) is 0 Å². The van der Waals surface area contributed by atoms with Gasteiger partial charge in [-0.25, -0.2) is 8.78 Å². The van der Waals surface area contributed by atoms with E-state index >= 15 is 8.78 Å². The Labute approximate surface area is 456 Å². The molecule has 11 aromatic carbocycles. The Kier molecular flexibility index (Phi) is 10.4. The van der Waals surface area contributed by atoms with Crippen molar-refractivity contribution in [3.63, 3.8) is 0 Å². The first kappa shape index (κ1) is 47.2. The van der Waals surface area contributed by atoms with E-state index < -0.39 is 0 Å². The summed E-state index contributed by atoms with van der Waals surface area (Å²) < 4.78 is 30.1. The van der Waals surface area contributed by atoms with E-state index in [1.807, 2.05) is 12.1 Å². The van der Waals surface area contributed by atoms with Gasteiger partial charge in [-0.05, 0) is 211 Å². The van der Waals surface area contributed by atoms with E-state index in [-0.39, 0.29) is 33.5 Å². The molecule has 78 heavy (non-hydrogen) atoms. The number of nitrogens with zero attached hydrogens (tertiary/aromatic N) is 2. The summed E-state index contributed by atoms with van der Waals surface area (Å²) >= 11 is 0. The van der Waals surface area contributed by atoms with Gasteiger partial charge in [-0.15, -0.1) is 0 Å². The number of halogens is 2. The van der Waals surface area contributed by atoms with Crippen LogP contribution >= 0.6 is 0 Å². The number of benzene rings is 11. The van der Waals surface area contributed by atoms with E-state index in [2.05, 4.69) is 207 Å². The molecule has 0 radical (unpaired) electrons. The van der Waals surface area contributed by atoms with Crippen LogP contribution in [0.5, 0.6) is 0 Å². The summed E-state index contributed by atoms with van der Waals surface area (Å²) in [5.74, 6) is -0.411. The van der Waals surface area contributed by atoms with Gasteiger partial charge in [0.1, 0.15) is 11.6 Å². The van der Waals surface area contributed by atoms with Gasteiger partial charge in [-0.1, -0.05) is 173 Å².